The number of hydrogen-bond donors (Lipinski definition) is 0. The molecule has 2 nitrogen and oxygen atoms in total. The normalized spacial score (nSPS) is 10.3. The van der Waals surface area contributed by atoms with Crippen LogP contribution in [-0.2, 0) is 13.0 Å². The maximum Gasteiger partial charge on any atom is 0.0521 e. The minimum absolute atomic E-state index is 0.983. The first-order chi connectivity index (χ1) is 4.79. The molecule has 0 bridgehead atoms. The van der Waals surface area contributed by atoms with Crippen molar-refractivity contribution < 1.29 is 0 Å². The fourth-order valence-electron chi connectivity index (χ4n) is 1.24. The van der Waals surface area contributed by atoms with Gasteiger partial charge in [-0.1, -0.05) is 6.92 Å². The molecule has 0 aromatic carbocycles. The lowest BCUT2D eigenvalue weighted by Crippen LogP contribution is -2.01. The lowest BCUT2D eigenvalue weighted by molar-refractivity contribution is 0.625. The van der Waals surface area contributed by atoms with E-state index in [1.807, 2.05) is 6.20 Å². The zero-order valence-corrected chi connectivity index (χ0v) is 6.89. The first-order valence-electron chi connectivity index (χ1n) is 3.80. The van der Waals surface area contributed by atoms with Gasteiger partial charge in [0, 0.05) is 12.2 Å². The van der Waals surface area contributed by atoms with Crippen molar-refractivity contribution >= 4 is 0 Å². The first kappa shape index (κ1) is 7.32. The van der Waals surface area contributed by atoms with E-state index in [0.29, 0.717) is 0 Å². The van der Waals surface area contributed by atoms with Crippen molar-refractivity contribution in [1.29, 1.82) is 0 Å². The molecule has 0 unspecified atom stereocenters. The van der Waals surface area contributed by atoms with Crippen LogP contribution >= 0.6 is 0 Å². The molecule has 1 heterocycles. The van der Waals surface area contributed by atoms with Gasteiger partial charge in [0.1, 0.15) is 0 Å². The fraction of sp³-hybridized carbons (Fsp3) is 0.625. The quantitative estimate of drug-likeness (QED) is 0.609. The molecule has 0 aliphatic heterocycles. The molecule has 0 fully saturated rings. The minimum atomic E-state index is 0.983. The van der Waals surface area contributed by atoms with Gasteiger partial charge >= 0.3 is 0 Å². The Morgan fingerprint density at radius 1 is 1.50 bits per heavy atom. The number of hydrogen-bond acceptors (Lipinski definition) is 1. The van der Waals surface area contributed by atoms with E-state index in [-0.39, 0.29) is 0 Å². The number of aryl methyl sites for hydroxylation is 2. The second kappa shape index (κ2) is 2.86. The van der Waals surface area contributed by atoms with E-state index in [2.05, 4.69) is 30.6 Å². The molecular formula is C8H14N2. The molecule has 1 rings (SSSR count). The first-order valence-corrected chi connectivity index (χ1v) is 3.80. The van der Waals surface area contributed by atoms with Crippen molar-refractivity contribution in [3.05, 3.63) is 17.5 Å². The molecule has 0 saturated heterocycles. The van der Waals surface area contributed by atoms with Crippen molar-refractivity contribution in [3.8, 4) is 0 Å². The van der Waals surface area contributed by atoms with E-state index in [0.717, 1.165) is 13.0 Å². The highest BCUT2D eigenvalue weighted by atomic mass is 15.3. The third-order valence-electron chi connectivity index (χ3n) is 1.79. The van der Waals surface area contributed by atoms with Crippen LogP contribution in [0.5, 0.6) is 0 Å². The predicted octanol–water partition coefficient (Wildman–Crippen LogP) is 1.77. The topological polar surface area (TPSA) is 17.8 Å². The van der Waals surface area contributed by atoms with Gasteiger partial charge in [0.2, 0.25) is 0 Å². The van der Waals surface area contributed by atoms with Crippen molar-refractivity contribution in [3.63, 3.8) is 0 Å². The Morgan fingerprint density at radius 2 is 2.20 bits per heavy atom. The van der Waals surface area contributed by atoms with Crippen LogP contribution in [0.2, 0.25) is 0 Å². The summed E-state index contributed by atoms with van der Waals surface area (Å²) in [6.07, 6.45) is 3.02. The van der Waals surface area contributed by atoms with Crippen molar-refractivity contribution in [1.82, 2.24) is 9.78 Å². The van der Waals surface area contributed by atoms with Crippen molar-refractivity contribution in [2.24, 2.45) is 0 Å². The summed E-state index contributed by atoms with van der Waals surface area (Å²) in [6, 6.07) is 0. The van der Waals surface area contributed by atoms with E-state index in [1.54, 1.807) is 0 Å². The minimum Gasteiger partial charge on any atom is -0.270 e. The molecule has 0 aliphatic rings. The standard InChI is InChI=1S/C8H14N2/c1-4-8-7(3)6-9-10(8)5-2/h6H,4-5H2,1-3H3. The molecule has 10 heavy (non-hydrogen) atoms. The summed E-state index contributed by atoms with van der Waals surface area (Å²) >= 11 is 0. The lowest BCUT2D eigenvalue weighted by Gasteiger charge is -2.01. The van der Waals surface area contributed by atoms with E-state index in [1.165, 1.54) is 11.3 Å². The van der Waals surface area contributed by atoms with E-state index >= 15 is 0 Å². The highest BCUT2D eigenvalue weighted by molar-refractivity contribution is 5.14. The molecule has 0 saturated carbocycles. The van der Waals surface area contributed by atoms with Gasteiger partial charge in [0.05, 0.1) is 6.20 Å². The third kappa shape index (κ3) is 1.06. The summed E-state index contributed by atoms with van der Waals surface area (Å²) in [6.45, 7) is 7.37. The van der Waals surface area contributed by atoms with Gasteiger partial charge in [-0.05, 0) is 25.8 Å². The van der Waals surface area contributed by atoms with Crippen LogP contribution in [0.4, 0.5) is 0 Å². The molecule has 0 amide bonds. The number of nitrogens with zero attached hydrogens (tertiary/aromatic N) is 2. The second-order valence-electron chi connectivity index (χ2n) is 2.44. The molecule has 1 aromatic rings. The van der Waals surface area contributed by atoms with Crippen molar-refractivity contribution in [2.75, 3.05) is 0 Å². The summed E-state index contributed by atoms with van der Waals surface area (Å²) in [5, 5.41) is 4.22. The van der Waals surface area contributed by atoms with Gasteiger partial charge in [0.25, 0.3) is 0 Å². The molecule has 0 N–H and O–H groups in total. The van der Waals surface area contributed by atoms with Crippen LogP contribution in [0.15, 0.2) is 6.20 Å². The Hall–Kier alpha value is -0.790. The molecule has 56 valence electrons. The Kier molecular flexibility index (Phi) is 2.10. The molecule has 0 radical (unpaired) electrons. The lowest BCUT2D eigenvalue weighted by atomic mass is 10.2. The number of rotatable bonds is 2. The monoisotopic (exact) mass is 138 g/mol. The van der Waals surface area contributed by atoms with Gasteiger partial charge in [-0.3, -0.25) is 4.68 Å². The molecular weight excluding hydrogens is 124 g/mol. The van der Waals surface area contributed by atoms with E-state index < -0.39 is 0 Å². The van der Waals surface area contributed by atoms with Crippen LogP contribution < -0.4 is 0 Å². The van der Waals surface area contributed by atoms with Gasteiger partial charge < -0.3 is 0 Å². The maximum atomic E-state index is 4.22. The van der Waals surface area contributed by atoms with Crippen LogP contribution in [0.3, 0.4) is 0 Å². The highest BCUT2D eigenvalue weighted by Gasteiger charge is 2.01. The summed E-state index contributed by atoms with van der Waals surface area (Å²) in [7, 11) is 0. The average molecular weight is 138 g/mol. The van der Waals surface area contributed by atoms with Crippen LogP contribution in [0.25, 0.3) is 0 Å². The van der Waals surface area contributed by atoms with Crippen molar-refractivity contribution in [2.45, 2.75) is 33.7 Å². The fourth-order valence-corrected chi connectivity index (χ4v) is 1.24. The van der Waals surface area contributed by atoms with Gasteiger partial charge in [-0.15, -0.1) is 0 Å². The van der Waals surface area contributed by atoms with Gasteiger partial charge in [-0.25, -0.2) is 0 Å². The Morgan fingerprint density at radius 3 is 2.60 bits per heavy atom. The summed E-state index contributed by atoms with van der Waals surface area (Å²) in [5.74, 6) is 0. The molecule has 0 atom stereocenters. The van der Waals surface area contributed by atoms with E-state index in [9.17, 15) is 0 Å². The maximum absolute atomic E-state index is 4.22. The Balaban J connectivity index is 3.01. The highest BCUT2D eigenvalue weighted by Crippen LogP contribution is 2.06. The SMILES string of the molecule is CCc1c(C)cnn1CC. The second-order valence-corrected chi connectivity index (χ2v) is 2.44. The zero-order chi connectivity index (χ0) is 7.56. The summed E-state index contributed by atoms with van der Waals surface area (Å²) in [4.78, 5) is 0. The smallest absolute Gasteiger partial charge is 0.0521 e. The van der Waals surface area contributed by atoms with Gasteiger partial charge in [-0.2, -0.15) is 5.10 Å². The molecule has 2 heteroatoms. The molecule has 1 aromatic heterocycles. The average Bonchev–Trinajstić information content (AvgIpc) is 2.30. The van der Waals surface area contributed by atoms with Crippen LogP contribution in [0, 0.1) is 6.92 Å². The molecule has 0 spiro atoms. The Bertz CT molecular complexity index is 213. The third-order valence-corrected chi connectivity index (χ3v) is 1.79. The van der Waals surface area contributed by atoms with E-state index in [4.69, 9.17) is 0 Å². The number of aromatic nitrogens is 2. The largest absolute Gasteiger partial charge is 0.270 e. The van der Waals surface area contributed by atoms with Crippen LogP contribution in [0.1, 0.15) is 25.1 Å². The summed E-state index contributed by atoms with van der Waals surface area (Å²) in [5.41, 5.74) is 2.67. The molecule has 0 aliphatic carbocycles. The zero-order valence-electron chi connectivity index (χ0n) is 6.89. The predicted molar refractivity (Wildman–Crippen MR) is 42.0 cm³/mol. The van der Waals surface area contributed by atoms with Gasteiger partial charge in [0.15, 0.2) is 0 Å². The van der Waals surface area contributed by atoms with Crippen LogP contribution in [-0.4, -0.2) is 9.78 Å². The summed E-state index contributed by atoms with van der Waals surface area (Å²) < 4.78 is 2.05. The Labute approximate surface area is 61.9 Å².